The molecule has 130 valence electrons. The van der Waals surface area contributed by atoms with Crippen molar-refractivity contribution in [1.82, 2.24) is 10.2 Å². The Hall–Kier alpha value is -2.31. The van der Waals surface area contributed by atoms with E-state index in [0.717, 1.165) is 17.0 Å². The van der Waals surface area contributed by atoms with Gasteiger partial charge in [0.05, 0.1) is 18.9 Å². The number of urea groups is 1. The van der Waals surface area contributed by atoms with Crippen molar-refractivity contribution < 1.29 is 13.9 Å². The fraction of sp³-hybridized carbons (Fsp3) is 0.389. The Morgan fingerprint density at radius 2 is 2.04 bits per heavy atom. The summed E-state index contributed by atoms with van der Waals surface area (Å²) in [5, 5.41) is 5.77. The summed E-state index contributed by atoms with van der Waals surface area (Å²) in [5.74, 6) is 0.817. The molecule has 0 saturated carbocycles. The minimum atomic E-state index is -0.252. The lowest BCUT2D eigenvalue weighted by Crippen LogP contribution is -2.36. The molecule has 0 saturated heterocycles. The van der Waals surface area contributed by atoms with E-state index in [-0.39, 0.29) is 12.1 Å². The minimum Gasteiger partial charge on any atom is -0.468 e. The smallest absolute Gasteiger partial charge is 0.319 e. The third kappa shape index (κ3) is 5.11. The Morgan fingerprint density at radius 3 is 2.71 bits per heavy atom. The highest BCUT2D eigenvalue weighted by molar-refractivity contribution is 5.90. The van der Waals surface area contributed by atoms with Gasteiger partial charge in [-0.15, -0.1) is 0 Å². The Labute approximate surface area is 142 Å². The Morgan fingerprint density at radius 1 is 1.25 bits per heavy atom. The van der Waals surface area contributed by atoms with Crippen LogP contribution in [0.1, 0.15) is 24.3 Å². The Kier molecular flexibility index (Phi) is 6.84. The molecular formula is C18H25N3O3. The Bertz CT molecular complexity index is 626. The average molecular weight is 331 g/mol. The second kappa shape index (κ2) is 9.10. The van der Waals surface area contributed by atoms with Crippen LogP contribution in [-0.4, -0.2) is 38.2 Å². The van der Waals surface area contributed by atoms with Gasteiger partial charge in [-0.05, 0) is 39.2 Å². The lowest BCUT2D eigenvalue weighted by molar-refractivity contribution is 0.134. The van der Waals surface area contributed by atoms with Gasteiger partial charge in [-0.1, -0.05) is 18.2 Å². The van der Waals surface area contributed by atoms with E-state index in [4.69, 9.17) is 9.15 Å². The molecule has 0 bridgehead atoms. The van der Waals surface area contributed by atoms with Crippen LogP contribution in [0.25, 0.3) is 0 Å². The van der Waals surface area contributed by atoms with E-state index in [0.29, 0.717) is 19.8 Å². The van der Waals surface area contributed by atoms with Crippen LogP contribution in [-0.2, 0) is 11.3 Å². The van der Waals surface area contributed by atoms with Crippen molar-refractivity contribution in [3.63, 3.8) is 0 Å². The molecule has 1 heterocycles. The number of nitrogens with one attached hydrogen (secondary N) is 2. The van der Waals surface area contributed by atoms with Crippen molar-refractivity contribution in [1.29, 1.82) is 0 Å². The molecule has 1 aromatic heterocycles. The highest BCUT2D eigenvalue weighted by Gasteiger charge is 2.18. The number of anilines is 1. The van der Waals surface area contributed by atoms with Crippen LogP contribution in [0.2, 0.25) is 0 Å². The molecule has 2 amide bonds. The quantitative estimate of drug-likeness (QED) is 0.779. The molecule has 0 spiro atoms. The van der Waals surface area contributed by atoms with Crippen molar-refractivity contribution >= 4 is 11.7 Å². The van der Waals surface area contributed by atoms with Gasteiger partial charge in [0.1, 0.15) is 5.76 Å². The molecule has 0 aliphatic carbocycles. The van der Waals surface area contributed by atoms with Crippen LogP contribution in [0.4, 0.5) is 10.5 Å². The summed E-state index contributed by atoms with van der Waals surface area (Å²) >= 11 is 0. The molecule has 24 heavy (non-hydrogen) atoms. The van der Waals surface area contributed by atoms with Crippen LogP contribution in [0, 0.1) is 0 Å². The molecule has 0 aliphatic rings. The fourth-order valence-corrected chi connectivity index (χ4v) is 2.35. The van der Waals surface area contributed by atoms with E-state index < -0.39 is 0 Å². The molecule has 2 rings (SSSR count). The standard InChI is InChI=1S/C18H25N3O3/c1-4-23-13-14-8-5-6-9-15(14)20-18(22)19-12-16(21(2)3)17-10-7-11-24-17/h5-11,16H,4,12-13H2,1-3H3,(H2,19,20,22)/t16-/m1/s1. The molecule has 6 heteroatoms. The first-order valence-electron chi connectivity index (χ1n) is 8.02. The van der Waals surface area contributed by atoms with Crippen molar-refractivity contribution in [2.75, 3.05) is 32.6 Å². The number of nitrogens with zero attached hydrogens (tertiary/aromatic N) is 1. The number of furan rings is 1. The predicted octanol–water partition coefficient (Wildman–Crippen LogP) is 3.24. The monoisotopic (exact) mass is 331 g/mol. The first-order valence-corrected chi connectivity index (χ1v) is 8.02. The van der Waals surface area contributed by atoms with Crippen molar-refractivity contribution in [3.05, 3.63) is 54.0 Å². The summed E-state index contributed by atoms with van der Waals surface area (Å²) in [6.45, 7) is 3.49. The van der Waals surface area contributed by atoms with Gasteiger partial charge in [0.15, 0.2) is 0 Å². The number of benzene rings is 1. The number of likely N-dealkylation sites (N-methyl/N-ethyl adjacent to an activating group) is 1. The molecule has 0 unspecified atom stereocenters. The lowest BCUT2D eigenvalue weighted by atomic mass is 10.2. The highest BCUT2D eigenvalue weighted by Crippen LogP contribution is 2.18. The summed E-state index contributed by atoms with van der Waals surface area (Å²) < 4.78 is 10.9. The predicted molar refractivity (Wildman–Crippen MR) is 93.9 cm³/mol. The molecule has 0 fully saturated rings. The number of ether oxygens (including phenoxy) is 1. The number of hydrogen-bond donors (Lipinski definition) is 2. The highest BCUT2D eigenvalue weighted by atomic mass is 16.5. The molecule has 2 N–H and O–H groups in total. The van der Waals surface area contributed by atoms with Crippen LogP contribution in [0.3, 0.4) is 0 Å². The van der Waals surface area contributed by atoms with E-state index in [1.165, 1.54) is 0 Å². The second-order valence-electron chi connectivity index (χ2n) is 5.62. The van der Waals surface area contributed by atoms with Gasteiger partial charge in [-0.2, -0.15) is 0 Å². The summed E-state index contributed by atoms with van der Waals surface area (Å²) in [7, 11) is 3.90. The zero-order valence-corrected chi connectivity index (χ0v) is 14.4. The summed E-state index contributed by atoms with van der Waals surface area (Å²) in [4.78, 5) is 14.2. The zero-order chi connectivity index (χ0) is 17.4. The van der Waals surface area contributed by atoms with E-state index in [2.05, 4.69) is 10.6 Å². The van der Waals surface area contributed by atoms with E-state index in [9.17, 15) is 4.79 Å². The molecular weight excluding hydrogens is 306 g/mol. The van der Waals surface area contributed by atoms with E-state index >= 15 is 0 Å². The van der Waals surface area contributed by atoms with Crippen molar-refractivity contribution in [2.45, 2.75) is 19.6 Å². The van der Waals surface area contributed by atoms with Gasteiger partial charge in [0.25, 0.3) is 0 Å². The van der Waals surface area contributed by atoms with E-state index in [1.54, 1.807) is 6.26 Å². The summed E-state index contributed by atoms with van der Waals surface area (Å²) in [5.41, 5.74) is 1.70. The molecule has 1 atom stereocenters. The van der Waals surface area contributed by atoms with E-state index in [1.807, 2.05) is 62.3 Å². The van der Waals surface area contributed by atoms with Crippen LogP contribution in [0.15, 0.2) is 47.1 Å². The molecule has 1 aromatic carbocycles. The third-order valence-electron chi connectivity index (χ3n) is 3.68. The fourth-order valence-electron chi connectivity index (χ4n) is 2.35. The summed E-state index contributed by atoms with van der Waals surface area (Å²) in [6, 6.07) is 11.1. The van der Waals surface area contributed by atoms with Crippen LogP contribution in [0.5, 0.6) is 0 Å². The second-order valence-corrected chi connectivity index (χ2v) is 5.62. The first-order chi connectivity index (χ1) is 11.6. The molecule has 0 aliphatic heterocycles. The molecule has 2 aromatic rings. The minimum absolute atomic E-state index is 0.0237. The van der Waals surface area contributed by atoms with Gasteiger partial charge in [0, 0.05) is 24.4 Å². The third-order valence-corrected chi connectivity index (χ3v) is 3.68. The molecule has 0 radical (unpaired) electrons. The SMILES string of the molecule is CCOCc1ccccc1NC(=O)NC[C@H](c1ccco1)N(C)C. The zero-order valence-electron chi connectivity index (χ0n) is 14.4. The topological polar surface area (TPSA) is 66.7 Å². The number of amides is 2. The van der Waals surface area contributed by atoms with Gasteiger partial charge >= 0.3 is 6.03 Å². The first kappa shape index (κ1) is 18.0. The van der Waals surface area contributed by atoms with Gasteiger partial charge in [-0.25, -0.2) is 4.79 Å². The summed E-state index contributed by atoms with van der Waals surface area (Å²) in [6.07, 6.45) is 1.63. The maximum absolute atomic E-state index is 12.2. The number of hydrogen-bond acceptors (Lipinski definition) is 4. The van der Waals surface area contributed by atoms with Crippen LogP contribution < -0.4 is 10.6 Å². The maximum atomic E-state index is 12.2. The van der Waals surface area contributed by atoms with Crippen molar-refractivity contribution in [3.8, 4) is 0 Å². The number of carbonyl (C=O) groups excluding carboxylic acids is 1. The molecule has 6 nitrogen and oxygen atoms in total. The van der Waals surface area contributed by atoms with Crippen LogP contribution >= 0.6 is 0 Å². The Balaban J connectivity index is 1.93. The number of carbonyl (C=O) groups is 1. The number of para-hydroxylation sites is 1. The average Bonchev–Trinajstić information content (AvgIpc) is 3.08. The lowest BCUT2D eigenvalue weighted by Gasteiger charge is -2.22. The number of rotatable bonds is 8. The van der Waals surface area contributed by atoms with Crippen molar-refractivity contribution in [2.24, 2.45) is 0 Å². The van der Waals surface area contributed by atoms with Gasteiger partial charge in [0.2, 0.25) is 0 Å². The van der Waals surface area contributed by atoms with Gasteiger partial charge < -0.3 is 19.8 Å². The normalized spacial score (nSPS) is 12.2. The van der Waals surface area contributed by atoms with Gasteiger partial charge in [-0.3, -0.25) is 4.90 Å². The maximum Gasteiger partial charge on any atom is 0.319 e. The largest absolute Gasteiger partial charge is 0.468 e.